The van der Waals surface area contributed by atoms with Gasteiger partial charge in [0.15, 0.2) is 0 Å². The summed E-state index contributed by atoms with van der Waals surface area (Å²) in [5.41, 5.74) is 1.71. The van der Waals surface area contributed by atoms with Crippen LogP contribution >= 0.6 is 0 Å². The zero-order valence-electron chi connectivity index (χ0n) is 20.1. The van der Waals surface area contributed by atoms with E-state index in [4.69, 9.17) is 9.47 Å². The zero-order chi connectivity index (χ0) is 25.6. The molecule has 2 N–H and O–H groups in total. The highest BCUT2D eigenvalue weighted by atomic mass is 32.2. The molecule has 1 aromatic carbocycles. The van der Waals surface area contributed by atoms with Crippen molar-refractivity contribution < 1.29 is 22.7 Å². The van der Waals surface area contributed by atoms with Crippen molar-refractivity contribution in [3.8, 4) is 17.1 Å². The predicted molar refractivity (Wildman–Crippen MR) is 134 cm³/mol. The average molecular weight is 523 g/mol. The maximum Gasteiger partial charge on any atom is 0.237 e. The molecule has 1 saturated heterocycles. The molecule has 0 radical (unpaired) electrons. The number of benzene rings is 1. The van der Waals surface area contributed by atoms with Crippen LogP contribution in [0.1, 0.15) is 25.5 Å². The number of ether oxygens (including phenoxy) is 2. The fourth-order valence-electron chi connectivity index (χ4n) is 5.08. The van der Waals surface area contributed by atoms with Gasteiger partial charge in [-0.2, -0.15) is 0 Å². The normalized spacial score (nSPS) is 24.2. The minimum absolute atomic E-state index is 0.0118. The van der Waals surface area contributed by atoms with Gasteiger partial charge in [0.25, 0.3) is 0 Å². The largest absolute Gasteiger partial charge is 0.477 e. The number of rotatable bonds is 9. The van der Waals surface area contributed by atoms with Gasteiger partial charge in [0.1, 0.15) is 5.41 Å². The third-order valence-electron chi connectivity index (χ3n) is 7.14. The Morgan fingerprint density at radius 1 is 1.11 bits per heavy atom. The lowest BCUT2D eigenvalue weighted by Crippen LogP contribution is -2.35. The van der Waals surface area contributed by atoms with E-state index < -0.39 is 20.7 Å². The molecule has 2 aliphatic carbocycles. The van der Waals surface area contributed by atoms with Crippen LogP contribution in [0.2, 0.25) is 0 Å². The highest BCUT2D eigenvalue weighted by molar-refractivity contribution is 7.93. The van der Waals surface area contributed by atoms with E-state index in [1.165, 1.54) is 6.20 Å². The Morgan fingerprint density at radius 2 is 1.86 bits per heavy atom. The van der Waals surface area contributed by atoms with E-state index in [0.29, 0.717) is 55.6 Å². The van der Waals surface area contributed by atoms with Crippen molar-refractivity contribution >= 4 is 27.6 Å². The molecule has 1 unspecified atom stereocenters. The van der Waals surface area contributed by atoms with E-state index in [2.05, 4.69) is 30.0 Å². The predicted octanol–water partition coefficient (Wildman–Crippen LogP) is 2.39. The van der Waals surface area contributed by atoms with E-state index in [-0.39, 0.29) is 23.7 Å². The number of aromatic nitrogens is 4. The van der Waals surface area contributed by atoms with Crippen LogP contribution in [0.3, 0.4) is 0 Å². The third kappa shape index (κ3) is 4.29. The number of amides is 1. The lowest BCUT2D eigenvalue weighted by molar-refractivity contribution is -0.120. The van der Waals surface area contributed by atoms with E-state index in [1.54, 1.807) is 30.6 Å². The zero-order valence-corrected chi connectivity index (χ0v) is 20.9. The van der Waals surface area contributed by atoms with E-state index >= 15 is 0 Å². The Balaban J connectivity index is 1.23. The van der Waals surface area contributed by atoms with E-state index in [0.717, 1.165) is 5.56 Å². The second-order valence-electron chi connectivity index (χ2n) is 9.44. The van der Waals surface area contributed by atoms with Crippen molar-refractivity contribution in [1.29, 1.82) is 0 Å². The molecule has 0 spiro atoms. The highest BCUT2D eigenvalue weighted by Gasteiger charge is 2.73. The van der Waals surface area contributed by atoms with Crippen molar-refractivity contribution in [3.05, 3.63) is 54.6 Å². The summed E-state index contributed by atoms with van der Waals surface area (Å²) in [6, 6.07) is 9.00. The molecule has 11 nitrogen and oxygen atoms in total. The van der Waals surface area contributed by atoms with Crippen LogP contribution in [0.4, 0.5) is 11.6 Å². The molecular weight excluding hydrogens is 496 g/mol. The van der Waals surface area contributed by atoms with Gasteiger partial charge in [0.2, 0.25) is 27.8 Å². The number of sulfonamides is 1. The lowest BCUT2D eigenvalue weighted by Gasteiger charge is -2.21. The summed E-state index contributed by atoms with van der Waals surface area (Å²) in [6.45, 7) is 3.27. The number of fused-ring (bicyclic) bond motifs is 1. The number of anilines is 2. The van der Waals surface area contributed by atoms with Crippen LogP contribution in [0.5, 0.6) is 5.88 Å². The Kier molecular flexibility index (Phi) is 5.80. The molecule has 6 rings (SSSR count). The Bertz CT molecular complexity index is 1430. The quantitative estimate of drug-likeness (QED) is 0.432. The van der Waals surface area contributed by atoms with Gasteiger partial charge >= 0.3 is 0 Å². The fourth-order valence-corrected chi connectivity index (χ4v) is 6.36. The van der Waals surface area contributed by atoms with Gasteiger partial charge in [-0.05, 0) is 38.0 Å². The first kappa shape index (κ1) is 23.7. The van der Waals surface area contributed by atoms with Gasteiger partial charge in [0, 0.05) is 29.3 Å². The van der Waals surface area contributed by atoms with Crippen LogP contribution in [-0.4, -0.2) is 59.3 Å². The molecule has 192 valence electrons. The van der Waals surface area contributed by atoms with Crippen molar-refractivity contribution in [1.82, 2.24) is 19.9 Å². The number of nitrogens with one attached hydrogen (secondary N) is 2. The van der Waals surface area contributed by atoms with Gasteiger partial charge in [-0.25, -0.2) is 23.4 Å². The Hall–Kier alpha value is -3.64. The number of carbonyl (C=O) groups excluding carboxylic acids is 1. The van der Waals surface area contributed by atoms with E-state index in [9.17, 15) is 13.2 Å². The molecule has 3 aliphatic rings. The van der Waals surface area contributed by atoms with Gasteiger partial charge in [-0.3, -0.25) is 14.5 Å². The average Bonchev–Trinajstić information content (AvgIpc) is 3.80. The van der Waals surface area contributed by atoms with Crippen LogP contribution < -0.4 is 14.8 Å². The smallest absolute Gasteiger partial charge is 0.237 e. The standard InChI is InChI=1S/C25H26N6O5S/c1-2-36-22-12-26-11-20(29-22)15-3-5-16(6-4-15)28-23(32)25(18-13-35-14-19(18)25)21-9-10-27-24(30-21)31-37(33,34)17-7-8-17/h3-6,9-12,17-19H,2,7-8,13-14H2,1H3,(H,28,32)(H,27,30,31)/t18-,19+,25?. The monoisotopic (exact) mass is 522 g/mol. The summed E-state index contributed by atoms with van der Waals surface area (Å²) >= 11 is 0. The summed E-state index contributed by atoms with van der Waals surface area (Å²) in [7, 11) is -3.52. The first-order valence-corrected chi connectivity index (χ1v) is 13.8. The second kappa shape index (κ2) is 9.03. The van der Waals surface area contributed by atoms with Crippen molar-refractivity contribution in [2.45, 2.75) is 30.4 Å². The summed E-state index contributed by atoms with van der Waals surface area (Å²) in [4.78, 5) is 30.9. The van der Waals surface area contributed by atoms with Crippen molar-refractivity contribution in [2.75, 3.05) is 29.9 Å². The molecule has 2 saturated carbocycles. The Morgan fingerprint density at radius 3 is 2.57 bits per heavy atom. The highest BCUT2D eigenvalue weighted by Crippen LogP contribution is 2.63. The minimum atomic E-state index is -3.52. The first-order chi connectivity index (χ1) is 17.9. The maximum absolute atomic E-state index is 13.7. The summed E-state index contributed by atoms with van der Waals surface area (Å²) in [5.74, 6) is 0.163. The van der Waals surface area contributed by atoms with Gasteiger partial charge in [-0.15, -0.1) is 0 Å². The number of hydrogen-bond donors (Lipinski definition) is 2. The molecule has 3 heterocycles. The fraction of sp³-hybridized carbons (Fsp3) is 0.400. The van der Waals surface area contributed by atoms with Crippen molar-refractivity contribution in [2.24, 2.45) is 11.8 Å². The minimum Gasteiger partial charge on any atom is -0.477 e. The number of carbonyl (C=O) groups is 1. The van der Waals surface area contributed by atoms with Gasteiger partial charge < -0.3 is 14.8 Å². The van der Waals surface area contributed by atoms with Crippen LogP contribution in [0.25, 0.3) is 11.3 Å². The van der Waals surface area contributed by atoms with Gasteiger partial charge in [0.05, 0.1) is 48.9 Å². The molecule has 2 aromatic heterocycles. The molecule has 1 amide bonds. The Labute approximate surface area is 214 Å². The second-order valence-corrected chi connectivity index (χ2v) is 11.4. The molecule has 12 heteroatoms. The summed E-state index contributed by atoms with van der Waals surface area (Å²) in [5, 5.41) is 2.62. The summed E-state index contributed by atoms with van der Waals surface area (Å²) in [6.07, 6.45) is 5.97. The molecule has 0 bridgehead atoms. The topological polar surface area (TPSA) is 145 Å². The lowest BCUT2D eigenvalue weighted by atomic mass is 9.94. The number of nitrogens with zero attached hydrogens (tertiary/aromatic N) is 4. The van der Waals surface area contributed by atoms with Gasteiger partial charge in [-0.1, -0.05) is 12.1 Å². The SMILES string of the molecule is CCOc1cncc(-c2ccc(NC(=O)C3(c4ccnc(NS(=O)(=O)C5CC5)n4)[C@@H]4COC[C@@H]43)cc2)n1. The molecule has 3 aromatic rings. The van der Waals surface area contributed by atoms with Crippen LogP contribution in [0, 0.1) is 11.8 Å². The first-order valence-electron chi connectivity index (χ1n) is 12.2. The maximum atomic E-state index is 13.7. The molecule has 3 fully saturated rings. The van der Waals surface area contributed by atoms with Crippen LogP contribution in [-0.2, 0) is 25.0 Å². The van der Waals surface area contributed by atoms with Crippen LogP contribution in [0.15, 0.2) is 48.9 Å². The molecule has 1 aliphatic heterocycles. The molecule has 37 heavy (non-hydrogen) atoms. The van der Waals surface area contributed by atoms with E-state index in [1.807, 2.05) is 19.1 Å². The third-order valence-corrected chi connectivity index (χ3v) is 8.95. The number of hydrogen-bond acceptors (Lipinski definition) is 9. The molecular formula is C25H26N6O5S. The molecule has 3 atom stereocenters. The summed E-state index contributed by atoms with van der Waals surface area (Å²) < 4.78 is 38.2. The van der Waals surface area contributed by atoms with Crippen molar-refractivity contribution in [3.63, 3.8) is 0 Å².